The van der Waals surface area contributed by atoms with Crippen molar-refractivity contribution in [2.45, 2.75) is 83.7 Å². The van der Waals surface area contributed by atoms with E-state index in [4.69, 9.17) is 9.47 Å². The minimum absolute atomic E-state index is 0.0526. The largest absolute Gasteiger partial charge is 0.491 e. The SMILES string of the molecule is CCCCCOc1ccc(-c2ccc(C3CCC(CCCCC)OC3)c(F)c2F)cc1F. The van der Waals surface area contributed by atoms with Crippen LogP contribution in [0, 0.1) is 17.5 Å². The Morgan fingerprint density at radius 3 is 2.38 bits per heavy atom. The average molecular weight is 449 g/mol. The first-order valence-corrected chi connectivity index (χ1v) is 12.1. The summed E-state index contributed by atoms with van der Waals surface area (Å²) in [7, 11) is 0. The zero-order chi connectivity index (χ0) is 22.9. The predicted molar refractivity (Wildman–Crippen MR) is 123 cm³/mol. The quantitative estimate of drug-likeness (QED) is 0.323. The highest BCUT2D eigenvalue weighted by Crippen LogP contribution is 2.36. The van der Waals surface area contributed by atoms with Crippen LogP contribution in [0.15, 0.2) is 30.3 Å². The van der Waals surface area contributed by atoms with Gasteiger partial charge in [0, 0.05) is 11.5 Å². The fraction of sp³-hybridized carbons (Fsp3) is 0.556. The zero-order valence-electron chi connectivity index (χ0n) is 19.3. The maximum absolute atomic E-state index is 14.9. The Labute approximate surface area is 190 Å². The summed E-state index contributed by atoms with van der Waals surface area (Å²) in [4.78, 5) is 0. The first-order valence-electron chi connectivity index (χ1n) is 12.1. The van der Waals surface area contributed by atoms with Gasteiger partial charge in [0.1, 0.15) is 0 Å². The lowest BCUT2D eigenvalue weighted by molar-refractivity contribution is -0.00277. The number of hydrogen-bond acceptors (Lipinski definition) is 2. The van der Waals surface area contributed by atoms with Crippen molar-refractivity contribution in [3.63, 3.8) is 0 Å². The van der Waals surface area contributed by atoms with Crippen LogP contribution in [0.4, 0.5) is 13.2 Å². The highest BCUT2D eigenvalue weighted by atomic mass is 19.2. The van der Waals surface area contributed by atoms with Gasteiger partial charge in [-0.05, 0) is 48.9 Å². The number of benzene rings is 2. The molecule has 0 radical (unpaired) electrons. The van der Waals surface area contributed by atoms with Gasteiger partial charge in [-0.3, -0.25) is 0 Å². The molecule has 176 valence electrons. The normalized spacial score (nSPS) is 18.7. The molecule has 0 aliphatic carbocycles. The molecular weight excluding hydrogens is 413 g/mol. The van der Waals surface area contributed by atoms with E-state index in [0.29, 0.717) is 24.3 Å². The van der Waals surface area contributed by atoms with E-state index < -0.39 is 17.5 Å². The lowest BCUT2D eigenvalue weighted by Gasteiger charge is -2.29. The monoisotopic (exact) mass is 448 g/mol. The highest BCUT2D eigenvalue weighted by Gasteiger charge is 2.27. The first kappa shape index (κ1) is 24.6. The summed E-state index contributed by atoms with van der Waals surface area (Å²) in [6.45, 7) is 5.10. The van der Waals surface area contributed by atoms with E-state index in [1.165, 1.54) is 31.0 Å². The van der Waals surface area contributed by atoms with Crippen molar-refractivity contribution in [1.82, 2.24) is 0 Å². The van der Waals surface area contributed by atoms with Crippen LogP contribution in [0.1, 0.15) is 83.1 Å². The topological polar surface area (TPSA) is 18.5 Å². The maximum atomic E-state index is 14.9. The van der Waals surface area contributed by atoms with Crippen LogP contribution >= 0.6 is 0 Å². The van der Waals surface area contributed by atoms with E-state index in [0.717, 1.165) is 44.9 Å². The number of hydrogen-bond donors (Lipinski definition) is 0. The molecule has 0 saturated carbocycles. The molecule has 2 aromatic carbocycles. The number of rotatable bonds is 11. The molecular formula is C27H35F3O2. The molecule has 5 heteroatoms. The Morgan fingerprint density at radius 2 is 1.69 bits per heavy atom. The average Bonchev–Trinajstić information content (AvgIpc) is 2.80. The van der Waals surface area contributed by atoms with Crippen LogP contribution in [-0.4, -0.2) is 19.3 Å². The molecule has 32 heavy (non-hydrogen) atoms. The number of ether oxygens (including phenoxy) is 2. The van der Waals surface area contributed by atoms with Crippen molar-refractivity contribution in [2.24, 2.45) is 0 Å². The Hall–Kier alpha value is -2.01. The van der Waals surface area contributed by atoms with Gasteiger partial charge in [0.2, 0.25) is 0 Å². The standard InChI is InChI=1S/C27H35F3O2/c1-3-5-7-9-21-12-10-20(18-32-21)23-14-13-22(26(29)27(23)30)19-11-15-25(24(28)17-19)31-16-8-6-4-2/h11,13-15,17,20-21H,3-10,12,16,18H2,1-2H3. The van der Waals surface area contributed by atoms with Gasteiger partial charge in [-0.1, -0.05) is 64.2 Å². The molecule has 0 amide bonds. The van der Waals surface area contributed by atoms with Crippen molar-refractivity contribution in [3.8, 4) is 16.9 Å². The van der Waals surface area contributed by atoms with Crippen LogP contribution in [0.3, 0.4) is 0 Å². The third kappa shape index (κ3) is 6.28. The van der Waals surface area contributed by atoms with Gasteiger partial charge in [0.25, 0.3) is 0 Å². The summed E-state index contributed by atoms with van der Waals surface area (Å²) < 4.78 is 55.7. The first-order chi connectivity index (χ1) is 15.5. The Kier molecular flexibility index (Phi) is 9.46. The van der Waals surface area contributed by atoms with Gasteiger partial charge in [-0.2, -0.15) is 0 Å². The summed E-state index contributed by atoms with van der Waals surface area (Å²) in [6.07, 6.45) is 9.32. The van der Waals surface area contributed by atoms with Gasteiger partial charge in [0.15, 0.2) is 23.2 Å². The van der Waals surface area contributed by atoms with Crippen molar-refractivity contribution in [3.05, 3.63) is 53.3 Å². The van der Waals surface area contributed by atoms with Gasteiger partial charge in [-0.25, -0.2) is 13.2 Å². The lowest BCUT2D eigenvalue weighted by Crippen LogP contribution is -2.25. The maximum Gasteiger partial charge on any atom is 0.166 e. The molecule has 2 aromatic rings. The summed E-state index contributed by atoms with van der Waals surface area (Å²) in [5.74, 6) is -2.39. The second-order valence-electron chi connectivity index (χ2n) is 8.76. The molecule has 1 aliphatic heterocycles. The fourth-order valence-electron chi connectivity index (χ4n) is 4.32. The van der Waals surface area contributed by atoms with Crippen molar-refractivity contribution in [2.75, 3.05) is 13.2 Å². The molecule has 2 unspecified atom stereocenters. The van der Waals surface area contributed by atoms with E-state index in [1.807, 2.05) is 0 Å². The Bertz CT molecular complexity index is 860. The Morgan fingerprint density at radius 1 is 0.906 bits per heavy atom. The van der Waals surface area contributed by atoms with Crippen LogP contribution in [0.25, 0.3) is 11.1 Å². The second kappa shape index (κ2) is 12.3. The molecule has 1 heterocycles. The summed E-state index contributed by atoms with van der Waals surface area (Å²) in [5, 5.41) is 0. The minimum Gasteiger partial charge on any atom is -0.491 e. The van der Waals surface area contributed by atoms with Gasteiger partial charge in [0.05, 0.1) is 19.3 Å². The van der Waals surface area contributed by atoms with Crippen LogP contribution in [0.2, 0.25) is 0 Å². The van der Waals surface area contributed by atoms with Gasteiger partial charge in [-0.15, -0.1) is 0 Å². The summed E-state index contributed by atoms with van der Waals surface area (Å²) >= 11 is 0. The molecule has 2 atom stereocenters. The predicted octanol–water partition coefficient (Wildman–Crippen LogP) is 8.18. The van der Waals surface area contributed by atoms with Crippen LogP contribution in [-0.2, 0) is 4.74 Å². The third-order valence-electron chi connectivity index (χ3n) is 6.30. The van der Waals surface area contributed by atoms with Crippen molar-refractivity contribution < 1.29 is 22.6 Å². The summed E-state index contributed by atoms with van der Waals surface area (Å²) in [5.41, 5.74) is 0.689. The molecule has 0 N–H and O–H groups in total. The molecule has 0 spiro atoms. The van der Waals surface area contributed by atoms with Crippen molar-refractivity contribution >= 4 is 0 Å². The highest BCUT2D eigenvalue weighted by molar-refractivity contribution is 5.66. The summed E-state index contributed by atoms with van der Waals surface area (Å²) in [6, 6.07) is 7.41. The van der Waals surface area contributed by atoms with Crippen LogP contribution < -0.4 is 4.74 Å². The van der Waals surface area contributed by atoms with E-state index in [9.17, 15) is 13.2 Å². The smallest absolute Gasteiger partial charge is 0.166 e. The molecule has 0 aromatic heterocycles. The van der Waals surface area contributed by atoms with E-state index in [2.05, 4.69) is 13.8 Å². The fourth-order valence-corrected chi connectivity index (χ4v) is 4.32. The van der Waals surface area contributed by atoms with Crippen molar-refractivity contribution in [1.29, 1.82) is 0 Å². The molecule has 2 nitrogen and oxygen atoms in total. The van der Waals surface area contributed by atoms with Gasteiger partial charge < -0.3 is 9.47 Å². The van der Waals surface area contributed by atoms with Gasteiger partial charge >= 0.3 is 0 Å². The zero-order valence-corrected chi connectivity index (χ0v) is 19.3. The number of halogens is 3. The van der Waals surface area contributed by atoms with E-state index in [1.54, 1.807) is 12.1 Å². The number of unbranched alkanes of at least 4 members (excludes halogenated alkanes) is 4. The molecule has 1 fully saturated rings. The molecule has 0 bridgehead atoms. The van der Waals surface area contributed by atoms with E-state index >= 15 is 0 Å². The molecule has 3 rings (SSSR count). The molecule has 1 saturated heterocycles. The lowest BCUT2D eigenvalue weighted by atomic mass is 9.88. The Balaban J connectivity index is 1.66. The second-order valence-corrected chi connectivity index (χ2v) is 8.76. The van der Waals surface area contributed by atoms with E-state index in [-0.39, 0.29) is 23.3 Å². The minimum atomic E-state index is -0.941. The third-order valence-corrected chi connectivity index (χ3v) is 6.30. The molecule has 1 aliphatic rings. The van der Waals surface area contributed by atoms with Crippen LogP contribution in [0.5, 0.6) is 5.75 Å².